The Morgan fingerprint density at radius 1 is 0.852 bits per heavy atom. The molecule has 0 fully saturated rings. The summed E-state index contributed by atoms with van der Waals surface area (Å²) < 4.78 is 5.72. The number of para-hydroxylation sites is 1. The van der Waals surface area contributed by atoms with Crippen LogP contribution in [-0.2, 0) is 6.54 Å². The SMILES string of the molecule is CCCCOc1ccc(/C=N/N(Cc2ccccc2)c2ccccc2)cc1. The first-order valence-corrected chi connectivity index (χ1v) is 9.48. The summed E-state index contributed by atoms with van der Waals surface area (Å²) in [4.78, 5) is 0. The molecule has 3 aromatic rings. The largest absolute Gasteiger partial charge is 0.494 e. The van der Waals surface area contributed by atoms with Crippen molar-refractivity contribution in [2.75, 3.05) is 11.6 Å². The maximum absolute atomic E-state index is 5.72. The molecular formula is C24H26N2O. The second-order valence-electron chi connectivity index (χ2n) is 6.39. The molecule has 0 aliphatic heterocycles. The molecule has 0 spiro atoms. The zero-order chi connectivity index (χ0) is 18.7. The summed E-state index contributed by atoms with van der Waals surface area (Å²) in [6.45, 7) is 3.65. The van der Waals surface area contributed by atoms with Gasteiger partial charge in [-0.3, -0.25) is 5.01 Å². The Hall–Kier alpha value is -3.07. The normalized spacial score (nSPS) is 10.9. The summed E-state index contributed by atoms with van der Waals surface area (Å²) in [5.41, 5.74) is 3.34. The average Bonchev–Trinajstić information content (AvgIpc) is 2.74. The van der Waals surface area contributed by atoms with E-state index >= 15 is 0 Å². The summed E-state index contributed by atoms with van der Waals surface area (Å²) in [5.74, 6) is 0.907. The third kappa shape index (κ3) is 6.00. The molecule has 138 valence electrons. The van der Waals surface area contributed by atoms with Crippen molar-refractivity contribution in [3.63, 3.8) is 0 Å². The van der Waals surface area contributed by atoms with Gasteiger partial charge in [0, 0.05) is 0 Å². The highest BCUT2D eigenvalue weighted by molar-refractivity contribution is 5.80. The Bertz CT molecular complexity index is 814. The Morgan fingerprint density at radius 2 is 1.52 bits per heavy atom. The molecule has 3 rings (SSSR count). The Balaban J connectivity index is 1.71. The predicted octanol–water partition coefficient (Wildman–Crippen LogP) is 5.91. The first kappa shape index (κ1) is 18.7. The predicted molar refractivity (Wildman–Crippen MR) is 114 cm³/mol. The van der Waals surface area contributed by atoms with E-state index in [0.717, 1.165) is 43.0 Å². The lowest BCUT2D eigenvalue weighted by Crippen LogP contribution is -2.15. The molecule has 0 atom stereocenters. The van der Waals surface area contributed by atoms with Crippen LogP contribution in [0.5, 0.6) is 5.75 Å². The molecule has 3 nitrogen and oxygen atoms in total. The molecule has 27 heavy (non-hydrogen) atoms. The number of hydrazone groups is 1. The lowest BCUT2D eigenvalue weighted by molar-refractivity contribution is 0.309. The summed E-state index contributed by atoms with van der Waals surface area (Å²) in [5, 5.41) is 6.75. The number of rotatable bonds is 9. The van der Waals surface area contributed by atoms with Crippen LogP contribution < -0.4 is 9.75 Å². The minimum atomic E-state index is 0.722. The van der Waals surface area contributed by atoms with Gasteiger partial charge in [-0.2, -0.15) is 5.10 Å². The van der Waals surface area contributed by atoms with Crippen molar-refractivity contribution in [1.82, 2.24) is 0 Å². The van der Waals surface area contributed by atoms with E-state index in [0.29, 0.717) is 0 Å². The van der Waals surface area contributed by atoms with E-state index in [1.54, 1.807) is 0 Å². The van der Waals surface area contributed by atoms with E-state index in [-0.39, 0.29) is 0 Å². The summed E-state index contributed by atoms with van der Waals surface area (Å²) in [6.07, 6.45) is 4.11. The summed E-state index contributed by atoms with van der Waals surface area (Å²) in [6, 6.07) is 28.7. The van der Waals surface area contributed by atoms with E-state index in [1.807, 2.05) is 59.8 Å². The van der Waals surface area contributed by atoms with Crippen molar-refractivity contribution in [1.29, 1.82) is 0 Å². The molecule has 0 unspecified atom stereocenters. The third-order valence-corrected chi connectivity index (χ3v) is 4.22. The third-order valence-electron chi connectivity index (χ3n) is 4.22. The molecule has 0 radical (unpaired) electrons. The summed E-state index contributed by atoms with van der Waals surface area (Å²) >= 11 is 0. The quantitative estimate of drug-likeness (QED) is 0.270. The molecule has 0 aliphatic rings. The highest BCUT2D eigenvalue weighted by atomic mass is 16.5. The van der Waals surface area contributed by atoms with Crippen LogP contribution in [0.25, 0.3) is 0 Å². The van der Waals surface area contributed by atoms with Crippen LogP contribution in [0.4, 0.5) is 5.69 Å². The molecule has 0 aromatic heterocycles. The van der Waals surface area contributed by atoms with Crippen LogP contribution in [0.15, 0.2) is 90.0 Å². The van der Waals surface area contributed by atoms with Crippen LogP contribution in [0.1, 0.15) is 30.9 Å². The molecule has 3 heteroatoms. The average molecular weight is 358 g/mol. The number of benzene rings is 3. The Morgan fingerprint density at radius 3 is 2.19 bits per heavy atom. The topological polar surface area (TPSA) is 24.8 Å². The van der Waals surface area contributed by atoms with Gasteiger partial charge >= 0.3 is 0 Å². The van der Waals surface area contributed by atoms with Crippen molar-refractivity contribution in [3.05, 3.63) is 96.1 Å². The molecule has 0 bridgehead atoms. The highest BCUT2D eigenvalue weighted by Crippen LogP contribution is 2.18. The molecular weight excluding hydrogens is 332 g/mol. The van der Waals surface area contributed by atoms with Crippen LogP contribution in [0.2, 0.25) is 0 Å². The fourth-order valence-electron chi connectivity index (χ4n) is 2.68. The molecule has 0 amide bonds. The van der Waals surface area contributed by atoms with E-state index in [1.165, 1.54) is 5.56 Å². The monoisotopic (exact) mass is 358 g/mol. The number of anilines is 1. The summed E-state index contributed by atoms with van der Waals surface area (Å²) in [7, 11) is 0. The molecule has 3 aromatic carbocycles. The van der Waals surface area contributed by atoms with E-state index < -0.39 is 0 Å². The van der Waals surface area contributed by atoms with Gasteiger partial charge < -0.3 is 4.74 Å². The second kappa shape index (κ2) is 10.2. The van der Waals surface area contributed by atoms with Gasteiger partial charge in [0.1, 0.15) is 5.75 Å². The van der Waals surface area contributed by atoms with Gasteiger partial charge in [0.15, 0.2) is 0 Å². The zero-order valence-corrected chi connectivity index (χ0v) is 15.8. The molecule has 0 heterocycles. The lowest BCUT2D eigenvalue weighted by atomic mass is 10.2. The van der Waals surface area contributed by atoms with Gasteiger partial charge in [-0.25, -0.2) is 0 Å². The minimum absolute atomic E-state index is 0.722. The Kier molecular flexibility index (Phi) is 7.05. The van der Waals surface area contributed by atoms with Crippen LogP contribution in [0, 0.1) is 0 Å². The number of nitrogens with zero attached hydrogens (tertiary/aromatic N) is 2. The van der Waals surface area contributed by atoms with Crippen LogP contribution in [-0.4, -0.2) is 12.8 Å². The standard InChI is InChI=1S/C24H26N2O/c1-2-3-18-27-24-16-14-21(15-17-24)19-25-26(23-12-8-5-9-13-23)20-22-10-6-4-7-11-22/h4-17,19H,2-3,18,20H2,1H3/b25-19+. The van der Waals surface area contributed by atoms with Crippen molar-refractivity contribution >= 4 is 11.9 Å². The van der Waals surface area contributed by atoms with E-state index in [4.69, 9.17) is 9.84 Å². The second-order valence-corrected chi connectivity index (χ2v) is 6.39. The highest BCUT2D eigenvalue weighted by Gasteiger charge is 2.05. The fourth-order valence-corrected chi connectivity index (χ4v) is 2.68. The van der Waals surface area contributed by atoms with Crippen LogP contribution in [0.3, 0.4) is 0 Å². The molecule has 0 aliphatic carbocycles. The Labute approximate surface area is 161 Å². The van der Waals surface area contributed by atoms with Gasteiger partial charge in [0.25, 0.3) is 0 Å². The molecule has 0 saturated carbocycles. The smallest absolute Gasteiger partial charge is 0.119 e. The maximum atomic E-state index is 5.72. The fraction of sp³-hybridized carbons (Fsp3) is 0.208. The van der Waals surface area contributed by atoms with Gasteiger partial charge in [-0.05, 0) is 53.9 Å². The maximum Gasteiger partial charge on any atom is 0.119 e. The van der Waals surface area contributed by atoms with Gasteiger partial charge in [-0.15, -0.1) is 0 Å². The zero-order valence-electron chi connectivity index (χ0n) is 15.8. The number of hydrogen-bond donors (Lipinski definition) is 0. The number of ether oxygens (including phenoxy) is 1. The van der Waals surface area contributed by atoms with Crippen molar-refractivity contribution in [2.45, 2.75) is 26.3 Å². The number of unbranched alkanes of at least 4 members (excludes halogenated alkanes) is 1. The first-order valence-electron chi connectivity index (χ1n) is 9.48. The van der Waals surface area contributed by atoms with Crippen molar-refractivity contribution < 1.29 is 4.74 Å². The van der Waals surface area contributed by atoms with Gasteiger partial charge in [0.05, 0.1) is 25.1 Å². The molecule has 0 N–H and O–H groups in total. The van der Waals surface area contributed by atoms with Crippen molar-refractivity contribution in [2.24, 2.45) is 5.10 Å². The van der Waals surface area contributed by atoms with Crippen LogP contribution >= 0.6 is 0 Å². The first-order chi connectivity index (χ1) is 13.3. The van der Waals surface area contributed by atoms with E-state index in [9.17, 15) is 0 Å². The lowest BCUT2D eigenvalue weighted by Gasteiger charge is -2.19. The van der Waals surface area contributed by atoms with Gasteiger partial charge in [-0.1, -0.05) is 61.9 Å². The van der Waals surface area contributed by atoms with Crippen molar-refractivity contribution in [3.8, 4) is 5.75 Å². The van der Waals surface area contributed by atoms with E-state index in [2.05, 4.69) is 43.3 Å². The number of hydrogen-bond acceptors (Lipinski definition) is 3. The van der Waals surface area contributed by atoms with Gasteiger partial charge in [0.2, 0.25) is 0 Å². The minimum Gasteiger partial charge on any atom is -0.494 e. The molecule has 0 saturated heterocycles.